The first-order valence-corrected chi connectivity index (χ1v) is 10.5. The molecule has 1 fully saturated rings. The average Bonchev–Trinajstić information content (AvgIpc) is 2.80. The van der Waals surface area contributed by atoms with Crippen LogP contribution in [0.1, 0.15) is 34.5 Å². The summed E-state index contributed by atoms with van der Waals surface area (Å²) < 4.78 is 44.3. The second kappa shape index (κ2) is 9.30. The zero-order valence-corrected chi connectivity index (χ0v) is 18.3. The molecule has 11 heteroatoms. The Morgan fingerprint density at radius 3 is 2.61 bits per heavy atom. The first-order chi connectivity index (χ1) is 15.7. The monoisotopic (exact) mass is 477 g/mol. The fourth-order valence-electron chi connectivity index (χ4n) is 3.54. The van der Waals surface area contributed by atoms with E-state index < -0.39 is 17.8 Å². The van der Waals surface area contributed by atoms with E-state index in [-0.39, 0.29) is 29.0 Å². The van der Waals surface area contributed by atoms with Crippen molar-refractivity contribution in [2.75, 3.05) is 13.1 Å². The van der Waals surface area contributed by atoms with E-state index in [1.165, 1.54) is 0 Å². The van der Waals surface area contributed by atoms with Crippen molar-refractivity contribution in [3.8, 4) is 17.3 Å². The largest absolute Gasteiger partial charge is 0.471 e. The fourth-order valence-corrected chi connectivity index (χ4v) is 3.75. The summed E-state index contributed by atoms with van der Waals surface area (Å²) in [4.78, 5) is 31.4. The Kier molecular flexibility index (Phi) is 6.46. The summed E-state index contributed by atoms with van der Waals surface area (Å²) in [7, 11) is 0. The van der Waals surface area contributed by atoms with Gasteiger partial charge in [0, 0.05) is 31.3 Å². The molecule has 4 rings (SSSR count). The van der Waals surface area contributed by atoms with Gasteiger partial charge in [-0.25, -0.2) is 15.0 Å². The SMILES string of the molecule is Cc1cnc(C(=O)N2CCC[C@@H](Oc3ncc(C(F)(F)F)cc3Cl)C2)c(-c2ncccn2)c1. The van der Waals surface area contributed by atoms with E-state index >= 15 is 0 Å². The Morgan fingerprint density at radius 1 is 1.15 bits per heavy atom. The third-order valence-electron chi connectivity index (χ3n) is 5.11. The van der Waals surface area contributed by atoms with Crippen molar-refractivity contribution in [3.05, 3.63) is 64.8 Å². The number of carbonyl (C=O) groups excluding carboxylic acids is 1. The van der Waals surface area contributed by atoms with Gasteiger partial charge in [0.05, 0.1) is 17.7 Å². The molecule has 1 amide bonds. The Hall–Kier alpha value is -3.27. The number of carbonyl (C=O) groups is 1. The third kappa shape index (κ3) is 5.22. The van der Waals surface area contributed by atoms with E-state index in [0.717, 1.165) is 11.6 Å². The highest BCUT2D eigenvalue weighted by Crippen LogP contribution is 2.34. The Morgan fingerprint density at radius 2 is 1.91 bits per heavy atom. The number of rotatable bonds is 4. The lowest BCUT2D eigenvalue weighted by atomic mass is 10.1. The quantitative estimate of drug-likeness (QED) is 0.546. The van der Waals surface area contributed by atoms with E-state index in [2.05, 4.69) is 19.9 Å². The average molecular weight is 478 g/mol. The van der Waals surface area contributed by atoms with Crippen molar-refractivity contribution < 1.29 is 22.7 Å². The highest BCUT2D eigenvalue weighted by molar-refractivity contribution is 6.31. The molecule has 0 spiro atoms. The molecule has 0 unspecified atom stereocenters. The number of likely N-dealkylation sites (tertiary alicyclic amines) is 1. The standard InChI is InChI=1S/C22H19ClF3N5O2/c1-13-8-16(19-27-5-3-6-28-19)18(29-10-13)21(32)31-7-2-4-15(12-31)33-20-17(23)9-14(11-30-20)22(24,25)26/h3,5-6,8-11,15H,2,4,7,12H2,1H3/t15-/m1/s1. The van der Waals surface area contributed by atoms with E-state index in [0.29, 0.717) is 37.0 Å². The number of amides is 1. The zero-order valence-electron chi connectivity index (χ0n) is 17.5. The summed E-state index contributed by atoms with van der Waals surface area (Å²) in [5.41, 5.74) is 0.646. The molecule has 3 aromatic rings. The molecule has 172 valence electrons. The van der Waals surface area contributed by atoms with Gasteiger partial charge in [-0.1, -0.05) is 11.6 Å². The lowest BCUT2D eigenvalue weighted by Crippen LogP contribution is -2.45. The third-order valence-corrected chi connectivity index (χ3v) is 5.38. The van der Waals surface area contributed by atoms with Gasteiger partial charge in [0.15, 0.2) is 5.82 Å². The van der Waals surface area contributed by atoms with Crippen molar-refractivity contribution in [1.29, 1.82) is 0 Å². The summed E-state index contributed by atoms with van der Waals surface area (Å²) in [6.07, 6.45) is 1.65. The predicted molar refractivity (Wildman–Crippen MR) is 114 cm³/mol. The summed E-state index contributed by atoms with van der Waals surface area (Å²) >= 11 is 5.96. The number of alkyl halides is 3. The first-order valence-electron chi connectivity index (χ1n) is 10.1. The number of halogens is 4. The second-order valence-corrected chi connectivity index (χ2v) is 8.03. The van der Waals surface area contributed by atoms with E-state index in [1.807, 2.05) is 6.92 Å². The second-order valence-electron chi connectivity index (χ2n) is 7.62. The Balaban J connectivity index is 1.52. The molecule has 7 nitrogen and oxygen atoms in total. The van der Waals surface area contributed by atoms with Crippen LogP contribution in [0.2, 0.25) is 5.02 Å². The fraction of sp³-hybridized carbons (Fsp3) is 0.318. The topological polar surface area (TPSA) is 81.1 Å². The van der Waals surface area contributed by atoms with Crippen LogP contribution in [0.25, 0.3) is 11.4 Å². The van der Waals surface area contributed by atoms with Crippen LogP contribution in [-0.4, -0.2) is 49.9 Å². The first kappa shape index (κ1) is 22.9. The van der Waals surface area contributed by atoms with E-state index in [9.17, 15) is 18.0 Å². The molecule has 0 aliphatic carbocycles. The van der Waals surface area contributed by atoms with Crippen molar-refractivity contribution in [2.24, 2.45) is 0 Å². The van der Waals surface area contributed by atoms with Gasteiger partial charge in [0.2, 0.25) is 5.88 Å². The molecule has 4 heterocycles. The Labute approximate surface area is 192 Å². The molecular weight excluding hydrogens is 459 g/mol. The summed E-state index contributed by atoms with van der Waals surface area (Å²) in [5.74, 6) is -0.0179. The maximum Gasteiger partial charge on any atom is 0.417 e. The number of ether oxygens (including phenoxy) is 1. The summed E-state index contributed by atoms with van der Waals surface area (Å²) in [6, 6.07) is 4.26. The maximum absolute atomic E-state index is 13.3. The molecule has 0 radical (unpaired) electrons. The van der Waals surface area contributed by atoms with Gasteiger partial charge in [0.25, 0.3) is 5.91 Å². The number of aryl methyl sites for hydroxylation is 1. The van der Waals surface area contributed by atoms with Crippen LogP contribution in [0.5, 0.6) is 5.88 Å². The predicted octanol–water partition coefficient (Wildman–Crippen LogP) is 4.60. The minimum atomic E-state index is -4.55. The van der Waals surface area contributed by atoms with Crippen molar-refractivity contribution in [2.45, 2.75) is 32.0 Å². The number of pyridine rings is 2. The van der Waals surface area contributed by atoms with E-state index in [1.54, 1.807) is 35.6 Å². The number of nitrogens with zero attached hydrogens (tertiary/aromatic N) is 5. The van der Waals surface area contributed by atoms with Gasteiger partial charge >= 0.3 is 6.18 Å². The molecule has 0 saturated carbocycles. The van der Waals surface area contributed by atoms with Gasteiger partial charge in [-0.3, -0.25) is 9.78 Å². The molecule has 1 atom stereocenters. The normalized spacial score (nSPS) is 16.5. The van der Waals surface area contributed by atoms with Crippen LogP contribution in [0.4, 0.5) is 13.2 Å². The van der Waals surface area contributed by atoms with Crippen molar-refractivity contribution in [1.82, 2.24) is 24.8 Å². The van der Waals surface area contributed by atoms with Crippen LogP contribution in [0.15, 0.2) is 43.0 Å². The molecule has 1 aliphatic rings. The molecule has 0 bridgehead atoms. The molecular formula is C22H19ClF3N5O2. The molecule has 1 aliphatic heterocycles. The van der Waals surface area contributed by atoms with Crippen LogP contribution in [-0.2, 0) is 6.18 Å². The van der Waals surface area contributed by atoms with Gasteiger partial charge in [0.1, 0.15) is 16.8 Å². The Bertz CT molecular complexity index is 1160. The lowest BCUT2D eigenvalue weighted by Gasteiger charge is -2.33. The van der Waals surface area contributed by atoms with Crippen molar-refractivity contribution >= 4 is 17.5 Å². The molecule has 33 heavy (non-hydrogen) atoms. The van der Waals surface area contributed by atoms with Gasteiger partial charge < -0.3 is 9.64 Å². The number of aromatic nitrogens is 4. The molecule has 0 aromatic carbocycles. The minimum Gasteiger partial charge on any atom is -0.471 e. The molecule has 1 saturated heterocycles. The van der Waals surface area contributed by atoms with Crippen LogP contribution in [0.3, 0.4) is 0 Å². The van der Waals surface area contributed by atoms with Gasteiger partial charge in [-0.05, 0) is 43.5 Å². The van der Waals surface area contributed by atoms with Gasteiger partial charge in [-0.15, -0.1) is 0 Å². The number of hydrogen-bond donors (Lipinski definition) is 0. The summed E-state index contributed by atoms with van der Waals surface area (Å²) in [5, 5.41) is -0.239. The molecule has 0 N–H and O–H groups in total. The zero-order chi connectivity index (χ0) is 23.6. The van der Waals surface area contributed by atoms with Gasteiger partial charge in [-0.2, -0.15) is 13.2 Å². The number of piperidine rings is 1. The lowest BCUT2D eigenvalue weighted by molar-refractivity contribution is -0.137. The highest BCUT2D eigenvalue weighted by atomic mass is 35.5. The number of hydrogen-bond acceptors (Lipinski definition) is 6. The summed E-state index contributed by atoms with van der Waals surface area (Å²) in [6.45, 7) is 2.55. The van der Waals surface area contributed by atoms with Crippen LogP contribution in [0, 0.1) is 6.92 Å². The smallest absolute Gasteiger partial charge is 0.417 e. The van der Waals surface area contributed by atoms with Crippen LogP contribution < -0.4 is 4.74 Å². The maximum atomic E-state index is 13.3. The minimum absolute atomic E-state index is 0.101. The molecule has 3 aromatic heterocycles. The highest BCUT2D eigenvalue weighted by Gasteiger charge is 2.33. The van der Waals surface area contributed by atoms with Crippen LogP contribution >= 0.6 is 11.6 Å². The van der Waals surface area contributed by atoms with Crippen molar-refractivity contribution in [3.63, 3.8) is 0 Å². The van der Waals surface area contributed by atoms with E-state index in [4.69, 9.17) is 16.3 Å².